The van der Waals surface area contributed by atoms with E-state index in [1.807, 2.05) is 0 Å². The van der Waals surface area contributed by atoms with Gasteiger partial charge in [0.15, 0.2) is 0 Å². The highest BCUT2D eigenvalue weighted by atomic mass is 79.9. The Balaban J connectivity index is 2.39. The van der Waals surface area contributed by atoms with Gasteiger partial charge in [-0.25, -0.2) is 0 Å². The molecule has 1 fully saturated rings. The van der Waals surface area contributed by atoms with Crippen molar-refractivity contribution in [3.05, 3.63) is 12.2 Å². The topological polar surface area (TPSA) is 0 Å². The van der Waals surface area contributed by atoms with Crippen molar-refractivity contribution < 1.29 is 0 Å². The highest BCUT2D eigenvalue weighted by Crippen LogP contribution is 2.32. The SMILES string of the molecule is C=C1CCCC[CH]1[Mg][Br]. The summed E-state index contributed by atoms with van der Waals surface area (Å²) in [6.07, 6.45) is 5.53. The second kappa shape index (κ2) is 3.99. The van der Waals surface area contributed by atoms with E-state index in [4.69, 9.17) is 0 Å². The molecule has 1 aliphatic carbocycles. The molecule has 0 aromatic rings. The van der Waals surface area contributed by atoms with Gasteiger partial charge < -0.3 is 12.9 Å². The Morgan fingerprint density at radius 2 is 2.33 bits per heavy atom. The van der Waals surface area contributed by atoms with Crippen LogP contribution in [0.25, 0.3) is 0 Å². The first kappa shape index (κ1) is 8.09. The lowest BCUT2D eigenvalue weighted by molar-refractivity contribution is 0.600. The Hall–Kier alpha value is 0.986. The normalized spacial score (nSPS) is 27.7. The Bertz CT molecular complexity index is 111. The van der Waals surface area contributed by atoms with Crippen LogP contribution < -0.4 is 0 Å². The number of rotatable bonds is 1. The van der Waals surface area contributed by atoms with Crippen LogP contribution in [0.1, 0.15) is 25.7 Å². The predicted octanol–water partition coefficient (Wildman–Crippen LogP) is 2.92. The lowest BCUT2D eigenvalue weighted by Crippen LogP contribution is -2.06. The van der Waals surface area contributed by atoms with Crippen molar-refractivity contribution in [1.29, 1.82) is 0 Å². The minimum absolute atomic E-state index is 0.0337. The molecule has 0 amide bonds. The lowest BCUT2D eigenvalue weighted by atomic mass is 9.95. The summed E-state index contributed by atoms with van der Waals surface area (Å²) in [4.78, 5) is 0. The molecule has 2 heteroatoms. The fourth-order valence-corrected chi connectivity index (χ4v) is 4.55. The van der Waals surface area contributed by atoms with Gasteiger partial charge in [-0.2, -0.15) is 0 Å². The number of allylic oxidation sites excluding steroid dienone is 1. The maximum atomic E-state index is 4.07. The molecule has 1 aliphatic rings. The van der Waals surface area contributed by atoms with E-state index in [1.54, 1.807) is 0 Å². The quantitative estimate of drug-likeness (QED) is 0.450. The molecular weight excluding hydrogens is 188 g/mol. The van der Waals surface area contributed by atoms with E-state index in [-0.39, 0.29) is 18.2 Å². The molecule has 1 unspecified atom stereocenters. The van der Waals surface area contributed by atoms with Crippen molar-refractivity contribution >= 4 is 31.1 Å². The molecule has 0 saturated heterocycles. The van der Waals surface area contributed by atoms with Crippen molar-refractivity contribution in [2.45, 2.75) is 29.7 Å². The van der Waals surface area contributed by atoms with E-state index in [9.17, 15) is 0 Å². The Kier molecular flexibility index (Phi) is 3.58. The van der Waals surface area contributed by atoms with Crippen LogP contribution in [0.5, 0.6) is 0 Å². The predicted molar refractivity (Wildman–Crippen MR) is 46.0 cm³/mol. The van der Waals surface area contributed by atoms with E-state index in [0.29, 0.717) is 0 Å². The van der Waals surface area contributed by atoms with Crippen molar-refractivity contribution in [2.24, 2.45) is 0 Å². The minimum atomic E-state index is 0.0337. The van der Waals surface area contributed by atoms with Gasteiger partial charge in [0, 0.05) is 0 Å². The largest absolute Gasteiger partial charge is 0.476 e. The fourth-order valence-electron chi connectivity index (χ4n) is 1.34. The Morgan fingerprint density at radius 1 is 1.56 bits per heavy atom. The molecule has 0 nitrogen and oxygen atoms in total. The van der Waals surface area contributed by atoms with Crippen LogP contribution in [-0.2, 0) is 0 Å². The van der Waals surface area contributed by atoms with E-state index in [0.717, 1.165) is 4.05 Å². The molecule has 0 aromatic carbocycles. The second-order valence-electron chi connectivity index (χ2n) is 2.76. The van der Waals surface area contributed by atoms with E-state index >= 15 is 0 Å². The van der Waals surface area contributed by atoms with E-state index < -0.39 is 0 Å². The van der Waals surface area contributed by atoms with Gasteiger partial charge >= 0.3 is 18.2 Å². The van der Waals surface area contributed by atoms with Gasteiger partial charge in [-0.3, -0.25) is 0 Å². The zero-order valence-corrected chi connectivity index (χ0v) is 8.70. The average molecular weight is 199 g/mol. The van der Waals surface area contributed by atoms with Crippen molar-refractivity contribution in [2.75, 3.05) is 0 Å². The number of hydrogen-bond acceptors (Lipinski definition) is 0. The van der Waals surface area contributed by atoms with Crippen molar-refractivity contribution in [3.8, 4) is 0 Å². The smallest absolute Gasteiger partial charge is 0.306 e. The zero-order valence-electron chi connectivity index (χ0n) is 5.70. The molecular formula is C7H11BrMg. The molecule has 0 aliphatic heterocycles. The third-order valence-electron chi connectivity index (χ3n) is 2.06. The van der Waals surface area contributed by atoms with Crippen LogP contribution in [0.2, 0.25) is 4.05 Å². The second-order valence-corrected chi connectivity index (χ2v) is 5.99. The number of hydrogen-bond donors (Lipinski definition) is 0. The van der Waals surface area contributed by atoms with Gasteiger partial charge in [-0.1, -0.05) is 22.5 Å². The van der Waals surface area contributed by atoms with Gasteiger partial charge in [0.1, 0.15) is 0 Å². The van der Waals surface area contributed by atoms with Gasteiger partial charge in [0.05, 0.1) is 0 Å². The third kappa shape index (κ3) is 2.24. The van der Waals surface area contributed by atoms with Gasteiger partial charge in [-0.15, -0.1) is 6.58 Å². The maximum Gasteiger partial charge on any atom is 0.476 e. The lowest BCUT2D eigenvalue weighted by Gasteiger charge is -2.22. The molecule has 1 atom stereocenters. The molecule has 1 saturated carbocycles. The van der Waals surface area contributed by atoms with Crippen LogP contribution in [0.15, 0.2) is 12.2 Å². The van der Waals surface area contributed by atoms with Crippen LogP contribution >= 0.6 is 12.9 Å². The maximum absolute atomic E-state index is 4.07. The molecule has 0 heterocycles. The first-order chi connectivity index (χ1) is 4.34. The molecule has 0 N–H and O–H groups in total. The summed E-state index contributed by atoms with van der Waals surface area (Å²) >= 11 is 3.66. The molecule has 48 valence electrons. The van der Waals surface area contributed by atoms with E-state index in [1.165, 1.54) is 31.3 Å². The standard InChI is InChI=1S/C7H11.BrH.Mg/c1-7-5-3-2-4-6-7;;/h5H,1-4,6H2;1H;/q;;+1/p-1. The Labute approximate surface area is 72.7 Å². The molecule has 0 aromatic heterocycles. The van der Waals surface area contributed by atoms with E-state index in [2.05, 4.69) is 19.5 Å². The van der Waals surface area contributed by atoms with Crippen LogP contribution in [-0.4, -0.2) is 18.2 Å². The fraction of sp³-hybridized carbons (Fsp3) is 0.714. The summed E-state index contributed by atoms with van der Waals surface area (Å²) < 4.78 is 0.916. The minimum Gasteiger partial charge on any atom is -0.306 e. The monoisotopic (exact) mass is 198 g/mol. The third-order valence-corrected chi connectivity index (χ3v) is 5.77. The summed E-state index contributed by atoms with van der Waals surface area (Å²) in [6.45, 7) is 4.07. The summed E-state index contributed by atoms with van der Waals surface area (Å²) in [6, 6.07) is 0. The first-order valence-corrected chi connectivity index (χ1v) is 8.29. The average Bonchev–Trinajstić information content (AvgIpc) is 1.89. The van der Waals surface area contributed by atoms with Crippen LogP contribution in [0.4, 0.5) is 0 Å². The summed E-state index contributed by atoms with van der Waals surface area (Å²) in [5.74, 6) is 0. The summed E-state index contributed by atoms with van der Waals surface area (Å²) in [5, 5.41) is 0. The van der Waals surface area contributed by atoms with Gasteiger partial charge in [-0.05, 0) is 12.8 Å². The summed E-state index contributed by atoms with van der Waals surface area (Å²) in [5.41, 5.74) is 1.52. The molecule has 1 rings (SSSR count). The highest BCUT2D eigenvalue weighted by Gasteiger charge is 2.16. The summed E-state index contributed by atoms with van der Waals surface area (Å²) in [7, 11) is 0. The molecule has 9 heavy (non-hydrogen) atoms. The number of halogens is 1. The molecule has 0 bridgehead atoms. The first-order valence-electron chi connectivity index (χ1n) is 3.58. The van der Waals surface area contributed by atoms with Gasteiger partial charge in [0.25, 0.3) is 0 Å². The zero-order chi connectivity index (χ0) is 6.69. The Morgan fingerprint density at radius 3 is 2.78 bits per heavy atom. The van der Waals surface area contributed by atoms with Crippen LogP contribution in [0.3, 0.4) is 0 Å². The highest BCUT2D eigenvalue weighted by molar-refractivity contribution is 9.23. The molecule has 0 radical (unpaired) electrons. The van der Waals surface area contributed by atoms with Crippen LogP contribution in [0, 0.1) is 0 Å². The van der Waals surface area contributed by atoms with Gasteiger partial charge in [0.2, 0.25) is 0 Å². The molecule has 0 spiro atoms. The van der Waals surface area contributed by atoms with Crippen molar-refractivity contribution in [3.63, 3.8) is 0 Å². The van der Waals surface area contributed by atoms with Crippen molar-refractivity contribution in [1.82, 2.24) is 0 Å².